The van der Waals surface area contributed by atoms with Gasteiger partial charge in [0.2, 0.25) is 0 Å². The summed E-state index contributed by atoms with van der Waals surface area (Å²) in [6.45, 7) is 2.38. The van der Waals surface area contributed by atoms with Gasteiger partial charge in [-0.05, 0) is 38.1 Å². The summed E-state index contributed by atoms with van der Waals surface area (Å²) in [5.74, 6) is 0.500. The molecule has 1 aromatic carbocycles. The lowest BCUT2D eigenvalue weighted by Crippen LogP contribution is -2.27. The summed E-state index contributed by atoms with van der Waals surface area (Å²) in [5, 5.41) is 0.424. The number of rotatable bonds is 4. The molecule has 18 heavy (non-hydrogen) atoms. The number of likely N-dealkylation sites (tertiary alicyclic amines) is 1. The van der Waals surface area contributed by atoms with Gasteiger partial charge in [-0.25, -0.2) is 0 Å². The molecule has 0 saturated carbocycles. The molecule has 0 aromatic heterocycles. The van der Waals surface area contributed by atoms with Gasteiger partial charge in [-0.15, -0.1) is 0 Å². The van der Waals surface area contributed by atoms with Crippen LogP contribution >= 0.6 is 11.6 Å². The standard InChI is InChI=1S/C13H17ClN2O2/c1-18-13-6-9(11(15)7-10(13)14)12(17)8-16-4-2-3-5-16/h6-7H,2-5,8,15H2,1H3. The Morgan fingerprint density at radius 1 is 1.44 bits per heavy atom. The third kappa shape index (κ3) is 2.76. The molecule has 1 saturated heterocycles. The van der Waals surface area contributed by atoms with Crippen molar-refractivity contribution in [3.63, 3.8) is 0 Å². The molecule has 0 aliphatic carbocycles. The number of hydrogen-bond donors (Lipinski definition) is 1. The molecule has 1 aromatic rings. The maximum atomic E-state index is 12.2. The first-order valence-corrected chi connectivity index (χ1v) is 6.38. The maximum Gasteiger partial charge on any atom is 0.179 e. The van der Waals surface area contributed by atoms with Crippen LogP contribution < -0.4 is 10.5 Å². The molecule has 1 aliphatic rings. The van der Waals surface area contributed by atoms with E-state index in [-0.39, 0.29) is 5.78 Å². The van der Waals surface area contributed by atoms with E-state index in [9.17, 15) is 4.79 Å². The van der Waals surface area contributed by atoms with Crippen LogP contribution in [0.5, 0.6) is 5.75 Å². The fraction of sp³-hybridized carbons (Fsp3) is 0.462. The smallest absolute Gasteiger partial charge is 0.179 e. The zero-order valence-electron chi connectivity index (χ0n) is 10.4. The molecule has 1 fully saturated rings. The number of methoxy groups -OCH3 is 1. The molecular formula is C13H17ClN2O2. The second-order valence-electron chi connectivity index (χ2n) is 4.48. The summed E-state index contributed by atoms with van der Waals surface area (Å²) in [6, 6.07) is 3.19. The van der Waals surface area contributed by atoms with Gasteiger partial charge in [-0.3, -0.25) is 9.69 Å². The van der Waals surface area contributed by atoms with Crippen molar-refractivity contribution in [2.45, 2.75) is 12.8 Å². The van der Waals surface area contributed by atoms with E-state index in [0.29, 0.717) is 28.6 Å². The average Bonchev–Trinajstić information content (AvgIpc) is 2.81. The molecule has 4 nitrogen and oxygen atoms in total. The van der Waals surface area contributed by atoms with Crippen molar-refractivity contribution in [1.82, 2.24) is 4.90 Å². The Bertz CT molecular complexity index is 457. The Morgan fingerprint density at radius 2 is 2.11 bits per heavy atom. The lowest BCUT2D eigenvalue weighted by molar-refractivity contribution is 0.0946. The predicted octanol–water partition coefficient (Wildman–Crippen LogP) is 2.21. The van der Waals surface area contributed by atoms with Crippen LogP contribution in [0.4, 0.5) is 5.69 Å². The van der Waals surface area contributed by atoms with E-state index in [2.05, 4.69) is 4.90 Å². The fourth-order valence-electron chi connectivity index (χ4n) is 2.20. The van der Waals surface area contributed by atoms with Crippen LogP contribution in [0, 0.1) is 0 Å². The second kappa shape index (κ2) is 5.59. The highest BCUT2D eigenvalue weighted by Gasteiger charge is 2.19. The Balaban J connectivity index is 2.18. The molecule has 2 rings (SSSR count). The summed E-state index contributed by atoms with van der Waals surface area (Å²) in [6.07, 6.45) is 2.32. The number of anilines is 1. The Hall–Kier alpha value is -1.26. The minimum absolute atomic E-state index is 0.0179. The van der Waals surface area contributed by atoms with Crippen molar-refractivity contribution < 1.29 is 9.53 Å². The summed E-state index contributed by atoms with van der Waals surface area (Å²) in [7, 11) is 1.52. The highest BCUT2D eigenvalue weighted by atomic mass is 35.5. The average molecular weight is 269 g/mol. The van der Waals surface area contributed by atoms with Gasteiger partial charge >= 0.3 is 0 Å². The number of carbonyl (C=O) groups is 1. The first-order valence-electron chi connectivity index (χ1n) is 6.00. The molecule has 2 N–H and O–H groups in total. The number of carbonyl (C=O) groups excluding carboxylic acids is 1. The van der Waals surface area contributed by atoms with Crippen LogP contribution in [-0.2, 0) is 0 Å². The minimum atomic E-state index is 0.0179. The van der Waals surface area contributed by atoms with Crippen molar-refractivity contribution in [3.8, 4) is 5.75 Å². The first-order chi connectivity index (χ1) is 8.61. The third-order valence-corrected chi connectivity index (χ3v) is 3.49. The molecule has 0 amide bonds. The monoisotopic (exact) mass is 268 g/mol. The van der Waals surface area contributed by atoms with Gasteiger partial charge in [0.05, 0.1) is 18.7 Å². The summed E-state index contributed by atoms with van der Waals surface area (Å²) >= 11 is 5.95. The number of nitrogens with zero attached hydrogens (tertiary/aromatic N) is 1. The molecule has 98 valence electrons. The van der Waals surface area contributed by atoms with Gasteiger partial charge < -0.3 is 10.5 Å². The van der Waals surface area contributed by atoms with Gasteiger partial charge in [-0.1, -0.05) is 11.6 Å². The van der Waals surface area contributed by atoms with Gasteiger partial charge in [0.25, 0.3) is 0 Å². The topological polar surface area (TPSA) is 55.6 Å². The Kier molecular flexibility index (Phi) is 4.09. The number of benzene rings is 1. The van der Waals surface area contributed by atoms with E-state index in [1.54, 1.807) is 12.1 Å². The molecular weight excluding hydrogens is 252 g/mol. The van der Waals surface area contributed by atoms with Crippen molar-refractivity contribution in [1.29, 1.82) is 0 Å². The SMILES string of the molecule is COc1cc(C(=O)CN2CCCC2)c(N)cc1Cl. The molecule has 0 spiro atoms. The predicted molar refractivity (Wildman–Crippen MR) is 72.4 cm³/mol. The number of ether oxygens (including phenoxy) is 1. The summed E-state index contributed by atoms with van der Waals surface area (Å²) in [5.41, 5.74) is 6.74. The number of halogens is 1. The van der Waals surface area contributed by atoms with Crippen molar-refractivity contribution >= 4 is 23.1 Å². The van der Waals surface area contributed by atoms with E-state index < -0.39 is 0 Å². The van der Waals surface area contributed by atoms with Crippen LogP contribution in [0.15, 0.2) is 12.1 Å². The Labute approximate surface area is 112 Å². The van der Waals surface area contributed by atoms with Crippen molar-refractivity contribution in [2.75, 3.05) is 32.5 Å². The van der Waals surface area contributed by atoms with E-state index >= 15 is 0 Å². The maximum absolute atomic E-state index is 12.2. The van der Waals surface area contributed by atoms with E-state index in [1.165, 1.54) is 7.11 Å². The molecule has 0 radical (unpaired) electrons. The lowest BCUT2D eigenvalue weighted by atomic mass is 10.1. The van der Waals surface area contributed by atoms with E-state index in [0.717, 1.165) is 25.9 Å². The molecule has 1 aliphatic heterocycles. The van der Waals surface area contributed by atoms with Crippen LogP contribution in [0.2, 0.25) is 5.02 Å². The molecule has 0 atom stereocenters. The minimum Gasteiger partial charge on any atom is -0.495 e. The number of ketones is 1. The van der Waals surface area contributed by atoms with Gasteiger partial charge in [0.1, 0.15) is 5.75 Å². The normalized spacial score (nSPS) is 15.9. The quantitative estimate of drug-likeness (QED) is 0.672. The number of Topliss-reactive ketones (excluding diaryl/α,β-unsaturated/α-hetero) is 1. The van der Waals surface area contributed by atoms with Crippen molar-refractivity contribution in [3.05, 3.63) is 22.7 Å². The molecule has 0 unspecified atom stereocenters. The summed E-state index contributed by atoms with van der Waals surface area (Å²) in [4.78, 5) is 14.3. The number of nitrogen functional groups attached to an aromatic ring is 1. The highest BCUT2D eigenvalue weighted by Crippen LogP contribution is 2.30. The highest BCUT2D eigenvalue weighted by molar-refractivity contribution is 6.32. The molecule has 5 heteroatoms. The molecule has 0 bridgehead atoms. The Morgan fingerprint density at radius 3 is 2.72 bits per heavy atom. The second-order valence-corrected chi connectivity index (χ2v) is 4.89. The van der Waals surface area contributed by atoms with Gasteiger partial charge in [0, 0.05) is 11.3 Å². The van der Waals surface area contributed by atoms with Crippen molar-refractivity contribution in [2.24, 2.45) is 0 Å². The zero-order valence-corrected chi connectivity index (χ0v) is 11.2. The summed E-state index contributed by atoms with van der Waals surface area (Å²) < 4.78 is 5.11. The van der Waals surface area contributed by atoms with E-state index in [1.807, 2.05) is 0 Å². The van der Waals surface area contributed by atoms with E-state index in [4.69, 9.17) is 22.1 Å². The number of hydrogen-bond acceptors (Lipinski definition) is 4. The molecule has 1 heterocycles. The van der Waals surface area contributed by atoms with Crippen LogP contribution in [0.1, 0.15) is 23.2 Å². The van der Waals surface area contributed by atoms with Crippen LogP contribution in [0.25, 0.3) is 0 Å². The van der Waals surface area contributed by atoms with Gasteiger partial charge in [0.15, 0.2) is 5.78 Å². The van der Waals surface area contributed by atoms with Gasteiger partial charge in [-0.2, -0.15) is 0 Å². The van der Waals surface area contributed by atoms with Crippen LogP contribution in [0.3, 0.4) is 0 Å². The first kappa shape index (κ1) is 13.2. The van der Waals surface area contributed by atoms with Crippen LogP contribution in [-0.4, -0.2) is 37.4 Å². The third-order valence-electron chi connectivity index (χ3n) is 3.19. The largest absolute Gasteiger partial charge is 0.495 e. The zero-order chi connectivity index (χ0) is 13.1. The fourth-order valence-corrected chi connectivity index (χ4v) is 2.44. The lowest BCUT2D eigenvalue weighted by Gasteiger charge is -2.15. The number of nitrogens with two attached hydrogens (primary N) is 1.